The van der Waals surface area contributed by atoms with E-state index in [2.05, 4.69) is 30.4 Å². The molecule has 1 heteroatoms. The van der Waals surface area contributed by atoms with Crippen molar-refractivity contribution in [2.45, 2.75) is 50.5 Å². The van der Waals surface area contributed by atoms with E-state index in [0.29, 0.717) is 11.8 Å². The molecule has 3 aliphatic carbocycles. The van der Waals surface area contributed by atoms with Crippen LogP contribution in [-0.2, 0) is 6.42 Å². The normalized spacial score (nSPS) is 33.4. The molecule has 3 atom stereocenters. The number of rotatable bonds is 2. The zero-order chi connectivity index (χ0) is 12.8. The van der Waals surface area contributed by atoms with E-state index in [4.69, 9.17) is 0 Å². The van der Waals surface area contributed by atoms with E-state index in [0.717, 1.165) is 18.8 Å². The van der Waals surface area contributed by atoms with Crippen LogP contribution in [-0.4, -0.2) is 11.2 Å². The number of hydrogen-bond donors (Lipinski definition) is 1. The van der Waals surface area contributed by atoms with Crippen molar-refractivity contribution in [2.75, 3.05) is 0 Å². The van der Waals surface area contributed by atoms with Gasteiger partial charge in [0.05, 0.1) is 6.10 Å². The van der Waals surface area contributed by atoms with Crippen LogP contribution in [0.2, 0.25) is 0 Å². The summed E-state index contributed by atoms with van der Waals surface area (Å²) in [6.07, 6.45) is 12.3. The van der Waals surface area contributed by atoms with Gasteiger partial charge in [0.15, 0.2) is 0 Å². The molecule has 1 aromatic rings. The van der Waals surface area contributed by atoms with Crippen LogP contribution in [0, 0.1) is 11.8 Å². The lowest BCUT2D eigenvalue weighted by atomic mass is 9.84. The lowest BCUT2D eigenvalue weighted by Gasteiger charge is -2.21. The first-order valence-electron chi connectivity index (χ1n) is 7.80. The molecule has 0 spiro atoms. The second-order valence-corrected chi connectivity index (χ2v) is 6.63. The number of aliphatic hydroxyl groups excluding tert-OH is 1. The molecule has 0 aromatic heterocycles. The van der Waals surface area contributed by atoms with Gasteiger partial charge in [-0.1, -0.05) is 43.2 Å². The van der Waals surface area contributed by atoms with Gasteiger partial charge in [-0.05, 0) is 60.1 Å². The first kappa shape index (κ1) is 11.7. The molecule has 3 unspecified atom stereocenters. The highest BCUT2D eigenvalue weighted by Gasteiger charge is 2.41. The zero-order valence-electron chi connectivity index (χ0n) is 11.4. The van der Waals surface area contributed by atoms with E-state index in [1.807, 2.05) is 0 Å². The average molecular weight is 254 g/mol. The summed E-state index contributed by atoms with van der Waals surface area (Å²) < 4.78 is 0. The van der Waals surface area contributed by atoms with Crippen molar-refractivity contribution in [3.05, 3.63) is 41.0 Å². The third-order valence-electron chi connectivity index (χ3n) is 5.33. The number of fused-ring (bicyclic) bond motifs is 1. The van der Waals surface area contributed by atoms with Gasteiger partial charge >= 0.3 is 0 Å². The average Bonchev–Trinajstić information content (AvgIpc) is 2.94. The van der Waals surface area contributed by atoms with Crippen molar-refractivity contribution in [1.82, 2.24) is 0 Å². The van der Waals surface area contributed by atoms with Gasteiger partial charge in [0.2, 0.25) is 0 Å². The first-order chi connectivity index (χ1) is 9.31. The molecule has 19 heavy (non-hydrogen) atoms. The molecule has 0 saturated heterocycles. The van der Waals surface area contributed by atoms with E-state index in [-0.39, 0.29) is 6.10 Å². The van der Waals surface area contributed by atoms with Crippen LogP contribution in [0.15, 0.2) is 24.3 Å². The van der Waals surface area contributed by atoms with E-state index in [9.17, 15) is 5.11 Å². The van der Waals surface area contributed by atoms with E-state index in [1.54, 1.807) is 5.56 Å². The van der Waals surface area contributed by atoms with Crippen LogP contribution in [0.3, 0.4) is 0 Å². The molecular weight excluding hydrogens is 232 g/mol. The Kier molecular flexibility index (Phi) is 2.77. The van der Waals surface area contributed by atoms with Crippen molar-refractivity contribution < 1.29 is 5.11 Å². The Hall–Kier alpha value is -1.08. The minimum atomic E-state index is -0.0334. The molecular formula is C18H22O. The number of allylic oxidation sites excluding steroid dienone is 1. The van der Waals surface area contributed by atoms with Crippen LogP contribution >= 0.6 is 0 Å². The summed E-state index contributed by atoms with van der Waals surface area (Å²) in [5.74, 6) is 1.90. The topological polar surface area (TPSA) is 20.2 Å². The molecule has 4 rings (SSSR count). The van der Waals surface area contributed by atoms with Crippen LogP contribution < -0.4 is 0 Å². The predicted molar refractivity (Wildman–Crippen MR) is 78.0 cm³/mol. The highest BCUT2D eigenvalue weighted by molar-refractivity contribution is 5.58. The molecule has 2 fully saturated rings. The fraction of sp³-hybridized carbons (Fsp3) is 0.556. The number of benzene rings is 1. The minimum Gasteiger partial charge on any atom is -0.393 e. The second kappa shape index (κ2) is 4.49. The van der Waals surface area contributed by atoms with Crippen molar-refractivity contribution in [2.24, 2.45) is 11.8 Å². The largest absolute Gasteiger partial charge is 0.393 e. The van der Waals surface area contributed by atoms with Crippen LogP contribution in [0.1, 0.15) is 54.7 Å². The minimum absolute atomic E-state index is 0.0334. The van der Waals surface area contributed by atoms with E-state index in [1.165, 1.54) is 36.8 Å². The lowest BCUT2D eigenvalue weighted by molar-refractivity contribution is 0.246. The summed E-state index contributed by atoms with van der Waals surface area (Å²) in [5, 5.41) is 9.58. The van der Waals surface area contributed by atoms with E-state index >= 15 is 0 Å². The predicted octanol–water partition coefficient (Wildman–Crippen LogP) is 3.91. The molecule has 0 radical (unpaired) electrons. The molecule has 1 aromatic carbocycles. The summed E-state index contributed by atoms with van der Waals surface area (Å²) in [6, 6.07) is 7.12. The van der Waals surface area contributed by atoms with Gasteiger partial charge in [-0.15, -0.1) is 0 Å². The van der Waals surface area contributed by atoms with Crippen LogP contribution in [0.4, 0.5) is 0 Å². The Bertz CT molecular complexity index is 510. The summed E-state index contributed by atoms with van der Waals surface area (Å²) in [4.78, 5) is 0. The van der Waals surface area contributed by atoms with E-state index < -0.39 is 0 Å². The SMILES string of the molecule is OC1CC1C1C=Cc2cc(C3CCCC3)ccc2C1. The molecule has 2 saturated carbocycles. The third-order valence-corrected chi connectivity index (χ3v) is 5.33. The zero-order valence-corrected chi connectivity index (χ0v) is 11.4. The number of hydrogen-bond acceptors (Lipinski definition) is 1. The third kappa shape index (κ3) is 2.14. The van der Waals surface area contributed by atoms with Crippen LogP contribution in [0.5, 0.6) is 0 Å². The maximum absolute atomic E-state index is 9.58. The van der Waals surface area contributed by atoms with Gasteiger partial charge in [-0.3, -0.25) is 0 Å². The molecule has 100 valence electrons. The van der Waals surface area contributed by atoms with Gasteiger partial charge in [-0.2, -0.15) is 0 Å². The maximum atomic E-state index is 9.58. The summed E-state index contributed by atoms with van der Waals surface area (Å²) >= 11 is 0. The Morgan fingerprint density at radius 1 is 1.11 bits per heavy atom. The first-order valence-corrected chi connectivity index (χ1v) is 7.80. The fourth-order valence-corrected chi connectivity index (χ4v) is 3.97. The molecule has 1 nitrogen and oxygen atoms in total. The Labute approximate surface area is 115 Å². The number of aliphatic hydroxyl groups is 1. The standard InChI is InChI=1S/C18H22O/c19-18-11-17(18)16-8-7-14-9-13(5-6-15(14)10-16)12-3-1-2-4-12/h5-9,12,16-19H,1-4,10-11H2. The fourth-order valence-electron chi connectivity index (χ4n) is 3.97. The van der Waals surface area contributed by atoms with Crippen LogP contribution in [0.25, 0.3) is 6.08 Å². The monoisotopic (exact) mass is 254 g/mol. The van der Waals surface area contributed by atoms with Gasteiger partial charge in [0, 0.05) is 0 Å². The van der Waals surface area contributed by atoms with Gasteiger partial charge in [0.1, 0.15) is 0 Å². The molecule has 0 aliphatic heterocycles. The lowest BCUT2D eigenvalue weighted by Crippen LogP contribution is -2.11. The molecule has 0 amide bonds. The second-order valence-electron chi connectivity index (χ2n) is 6.63. The van der Waals surface area contributed by atoms with Crippen molar-refractivity contribution >= 4 is 6.08 Å². The molecule has 0 bridgehead atoms. The van der Waals surface area contributed by atoms with Gasteiger partial charge < -0.3 is 5.11 Å². The Morgan fingerprint density at radius 3 is 2.63 bits per heavy atom. The summed E-state index contributed by atoms with van der Waals surface area (Å²) in [7, 11) is 0. The molecule has 0 heterocycles. The van der Waals surface area contributed by atoms with Gasteiger partial charge in [-0.25, -0.2) is 0 Å². The van der Waals surface area contributed by atoms with Crippen molar-refractivity contribution in [3.8, 4) is 0 Å². The Morgan fingerprint density at radius 2 is 1.89 bits per heavy atom. The van der Waals surface area contributed by atoms with Gasteiger partial charge in [0.25, 0.3) is 0 Å². The summed E-state index contributed by atoms with van der Waals surface area (Å²) in [6.45, 7) is 0. The Balaban J connectivity index is 1.57. The maximum Gasteiger partial charge on any atom is 0.0578 e. The highest BCUT2D eigenvalue weighted by atomic mass is 16.3. The summed E-state index contributed by atoms with van der Waals surface area (Å²) in [5.41, 5.74) is 4.45. The van der Waals surface area contributed by atoms with Crippen molar-refractivity contribution in [3.63, 3.8) is 0 Å². The molecule has 1 N–H and O–H groups in total. The molecule has 3 aliphatic rings. The highest BCUT2D eigenvalue weighted by Crippen LogP contribution is 2.43. The van der Waals surface area contributed by atoms with Crippen molar-refractivity contribution in [1.29, 1.82) is 0 Å². The smallest absolute Gasteiger partial charge is 0.0578 e. The quantitative estimate of drug-likeness (QED) is 0.848.